The molecule has 1 heterocycles. The number of benzene rings is 2. The average Bonchev–Trinajstić information content (AvgIpc) is 2.77. The average molecular weight is 396 g/mol. The number of esters is 1. The molecule has 1 saturated heterocycles. The molecule has 1 N–H and O–H groups in total. The van der Waals surface area contributed by atoms with Gasteiger partial charge in [0.05, 0.1) is 12.2 Å². The number of nitrogens with one attached hydrogen (secondary N) is 1. The van der Waals surface area contributed by atoms with Crippen molar-refractivity contribution in [1.82, 2.24) is 5.32 Å². The molecule has 2 aromatic carbocycles. The van der Waals surface area contributed by atoms with Crippen LogP contribution in [0.25, 0.3) is 11.1 Å². The van der Waals surface area contributed by atoms with Crippen molar-refractivity contribution in [3.05, 3.63) is 54.1 Å². The van der Waals surface area contributed by atoms with Crippen LogP contribution in [0.2, 0.25) is 0 Å². The monoisotopic (exact) mass is 395 g/mol. The molecule has 0 spiro atoms. The van der Waals surface area contributed by atoms with Gasteiger partial charge in [0, 0.05) is 0 Å². The molecule has 0 atom stereocenters. The number of rotatable bonds is 10. The molecule has 0 saturated carbocycles. The lowest BCUT2D eigenvalue weighted by molar-refractivity contribution is 0.0229. The third-order valence-electron chi connectivity index (χ3n) is 5.38. The zero-order valence-electron chi connectivity index (χ0n) is 17.5. The van der Waals surface area contributed by atoms with Crippen LogP contribution in [0, 0.1) is 0 Å². The van der Waals surface area contributed by atoms with Crippen LogP contribution in [-0.2, 0) is 4.74 Å². The van der Waals surface area contributed by atoms with Crippen LogP contribution < -0.4 is 10.1 Å². The number of hydrogen-bond donors (Lipinski definition) is 1. The highest BCUT2D eigenvalue weighted by Gasteiger charge is 2.18. The number of unbranched alkanes of at least 4 members (excludes halogenated alkanes) is 4. The van der Waals surface area contributed by atoms with E-state index in [9.17, 15) is 4.79 Å². The van der Waals surface area contributed by atoms with E-state index in [1.54, 1.807) is 0 Å². The Kier molecular flexibility index (Phi) is 8.57. The normalized spacial score (nSPS) is 14.5. The first kappa shape index (κ1) is 21.4. The zero-order chi connectivity index (χ0) is 20.3. The molecule has 0 radical (unpaired) electrons. The van der Waals surface area contributed by atoms with Crippen LogP contribution in [0.15, 0.2) is 48.5 Å². The first-order chi connectivity index (χ1) is 14.3. The minimum atomic E-state index is -0.230. The SMILES string of the molecule is CCCCCCCOc1ccc(-c2ccc(C(=O)OC3CCNCC3)cc2)cc1. The second-order valence-electron chi connectivity index (χ2n) is 7.72. The molecule has 4 nitrogen and oxygen atoms in total. The standard InChI is InChI=1S/C25H33NO3/c1-2-3-4-5-6-19-28-23-13-11-21(12-14-23)20-7-9-22(10-8-20)25(27)29-24-15-17-26-18-16-24/h7-14,24,26H,2-6,15-19H2,1H3. The van der Waals surface area contributed by atoms with Crippen LogP contribution in [0.3, 0.4) is 0 Å². The second kappa shape index (κ2) is 11.6. The number of piperidine rings is 1. The van der Waals surface area contributed by atoms with Crippen molar-refractivity contribution in [1.29, 1.82) is 0 Å². The van der Waals surface area contributed by atoms with Gasteiger partial charge < -0.3 is 14.8 Å². The Morgan fingerprint density at radius 1 is 0.897 bits per heavy atom. The van der Waals surface area contributed by atoms with E-state index in [1.165, 1.54) is 25.7 Å². The van der Waals surface area contributed by atoms with Crippen LogP contribution in [0.4, 0.5) is 0 Å². The summed E-state index contributed by atoms with van der Waals surface area (Å²) < 4.78 is 11.4. The summed E-state index contributed by atoms with van der Waals surface area (Å²) in [5.74, 6) is 0.678. The van der Waals surface area contributed by atoms with E-state index in [0.717, 1.165) is 55.8 Å². The molecular formula is C25H33NO3. The molecule has 0 aromatic heterocycles. The third-order valence-corrected chi connectivity index (χ3v) is 5.38. The van der Waals surface area contributed by atoms with Crippen LogP contribution in [0.1, 0.15) is 62.2 Å². The van der Waals surface area contributed by atoms with Crippen molar-refractivity contribution in [3.63, 3.8) is 0 Å². The van der Waals surface area contributed by atoms with Crippen LogP contribution >= 0.6 is 0 Å². The largest absolute Gasteiger partial charge is 0.494 e. The highest BCUT2D eigenvalue weighted by atomic mass is 16.5. The predicted octanol–water partition coefficient (Wildman–Crippen LogP) is 5.61. The van der Waals surface area contributed by atoms with E-state index in [-0.39, 0.29) is 12.1 Å². The minimum Gasteiger partial charge on any atom is -0.494 e. The van der Waals surface area contributed by atoms with Gasteiger partial charge in [-0.2, -0.15) is 0 Å². The quantitative estimate of drug-likeness (QED) is 0.419. The molecule has 1 aliphatic heterocycles. The van der Waals surface area contributed by atoms with Crippen LogP contribution in [-0.4, -0.2) is 31.8 Å². The molecular weight excluding hydrogens is 362 g/mol. The Morgan fingerprint density at radius 3 is 2.17 bits per heavy atom. The van der Waals surface area contributed by atoms with Gasteiger partial charge in [0.1, 0.15) is 11.9 Å². The highest BCUT2D eigenvalue weighted by molar-refractivity contribution is 5.90. The van der Waals surface area contributed by atoms with Crippen molar-refractivity contribution in [3.8, 4) is 16.9 Å². The fourth-order valence-electron chi connectivity index (χ4n) is 3.57. The third kappa shape index (κ3) is 6.90. The summed E-state index contributed by atoms with van der Waals surface area (Å²) in [4.78, 5) is 12.3. The first-order valence-corrected chi connectivity index (χ1v) is 11.0. The van der Waals surface area contributed by atoms with E-state index >= 15 is 0 Å². The van der Waals surface area contributed by atoms with Gasteiger partial charge >= 0.3 is 5.97 Å². The topological polar surface area (TPSA) is 47.6 Å². The Morgan fingerprint density at radius 2 is 1.52 bits per heavy atom. The molecule has 0 amide bonds. The lowest BCUT2D eigenvalue weighted by Gasteiger charge is -2.22. The molecule has 3 rings (SSSR count). The molecule has 2 aromatic rings. The summed E-state index contributed by atoms with van der Waals surface area (Å²) in [6.45, 7) is 4.83. The molecule has 0 bridgehead atoms. The molecule has 1 aliphatic rings. The van der Waals surface area contributed by atoms with Gasteiger partial charge in [-0.15, -0.1) is 0 Å². The number of hydrogen-bond acceptors (Lipinski definition) is 4. The van der Waals surface area contributed by atoms with Crippen molar-refractivity contribution in [2.75, 3.05) is 19.7 Å². The van der Waals surface area contributed by atoms with Crippen LogP contribution in [0.5, 0.6) is 5.75 Å². The predicted molar refractivity (Wildman–Crippen MR) is 117 cm³/mol. The molecule has 4 heteroatoms. The first-order valence-electron chi connectivity index (χ1n) is 11.0. The fraction of sp³-hybridized carbons (Fsp3) is 0.480. The minimum absolute atomic E-state index is 0.0302. The van der Waals surface area contributed by atoms with E-state index in [1.807, 2.05) is 36.4 Å². The number of carbonyl (C=O) groups excluding carboxylic acids is 1. The van der Waals surface area contributed by atoms with Crippen molar-refractivity contribution in [2.24, 2.45) is 0 Å². The van der Waals surface area contributed by atoms with Gasteiger partial charge in [0.15, 0.2) is 0 Å². The molecule has 156 valence electrons. The molecule has 0 unspecified atom stereocenters. The Hall–Kier alpha value is -2.33. The lowest BCUT2D eigenvalue weighted by Crippen LogP contribution is -2.33. The smallest absolute Gasteiger partial charge is 0.338 e. The van der Waals surface area contributed by atoms with E-state index in [2.05, 4.69) is 24.4 Å². The van der Waals surface area contributed by atoms with Gasteiger partial charge in [0.25, 0.3) is 0 Å². The summed E-state index contributed by atoms with van der Waals surface area (Å²) in [6, 6.07) is 15.8. The van der Waals surface area contributed by atoms with Gasteiger partial charge in [-0.25, -0.2) is 4.79 Å². The summed E-state index contributed by atoms with van der Waals surface area (Å²) >= 11 is 0. The van der Waals surface area contributed by atoms with Gasteiger partial charge in [-0.1, -0.05) is 56.9 Å². The summed E-state index contributed by atoms with van der Waals surface area (Å²) in [5.41, 5.74) is 2.79. The number of carbonyl (C=O) groups is 1. The second-order valence-corrected chi connectivity index (χ2v) is 7.72. The highest BCUT2D eigenvalue weighted by Crippen LogP contribution is 2.23. The van der Waals surface area contributed by atoms with Gasteiger partial charge in [-0.3, -0.25) is 0 Å². The summed E-state index contributed by atoms with van der Waals surface area (Å²) in [5, 5.41) is 3.28. The van der Waals surface area contributed by atoms with Gasteiger partial charge in [0.2, 0.25) is 0 Å². The molecule has 1 fully saturated rings. The maximum atomic E-state index is 12.3. The fourth-order valence-corrected chi connectivity index (χ4v) is 3.57. The Labute approximate surface area is 174 Å². The van der Waals surface area contributed by atoms with Crippen molar-refractivity contribution in [2.45, 2.75) is 58.0 Å². The zero-order valence-corrected chi connectivity index (χ0v) is 17.5. The maximum Gasteiger partial charge on any atom is 0.338 e. The molecule has 0 aliphatic carbocycles. The van der Waals surface area contributed by atoms with E-state index in [0.29, 0.717) is 5.56 Å². The molecule has 29 heavy (non-hydrogen) atoms. The van der Waals surface area contributed by atoms with Crippen molar-refractivity contribution >= 4 is 5.97 Å². The Balaban J connectivity index is 1.48. The van der Waals surface area contributed by atoms with Gasteiger partial charge in [-0.05, 0) is 67.7 Å². The maximum absolute atomic E-state index is 12.3. The summed E-state index contributed by atoms with van der Waals surface area (Å²) in [7, 11) is 0. The van der Waals surface area contributed by atoms with E-state index < -0.39 is 0 Å². The summed E-state index contributed by atoms with van der Waals surface area (Å²) in [6.07, 6.45) is 8.01. The lowest BCUT2D eigenvalue weighted by atomic mass is 10.0. The van der Waals surface area contributed by atoms with E-state index in [4.69, 9.17) is 9.47 Å². The van der Waals surface area contributed by atoms with Crippen molar-refractivity contribution < 1.29 is 14.3 Å². The Bertz CT molecular complexity index is 734. The number of ether oxygens (including phenoxy) is 2.